The average molecular weight is 339 g/mol. The Morgan fingerprint density at radius 3 is 2.64 bits per heavy atom. The lowest BCUT2D eigenvalue weighted by molar-refractivity contribution is -0.0326. The van der Waals surface area contributed by atoms with Crippen LogP contribution in [0.2, 0.25) is 0 Å². The van der Waals surface area contributed by atoms with Crippen LogP contribution in [0.25, 0.3) is 0 Å². The second kappa shape index (κ2) is 6.26. The molecule has 2 aromatic rings. The van der Waals surface area contributed by atoms with Crippen molar-refractivity contribution in [1.29, 1.82) is 0 Å². The van der Waals surface area contributed by atoms with Gasteiger partial charge in [-0.25, -0.2) is 4.98 Å². The molecule has 2 aromatic heterocycles. The van der Waals surface area contributed by atoms with E-state index >= 15 is 0 Å². The van der Waals surface area contributed by atoms with Crippen LogP contribution in [0.1, 0.15) is 60.5 Å². The van der Waals surface area contributed by atoms with E-state index in [0.717, 1.165) is 43.9 Å². The molecule has 6 heteroatoms. The van der Waals surface area contributed by atoms with Crippen LogP contribution in [-0.2, 0) is 0 Å². The molecule has 2 aliphatic heterocycles. The molecular formula is C19H25N5O. The number of imidazole rings is 1. The number of H-pyrrole nitrogens is 1. The highest BCUT2D eigenvalue weighted by Crippen LogP contribution is 2.48. The van der Waals surface area contributed by atoms with Gasteiger partial charge < -0.3 is 15.2 Å². The normalized spacial score (nSPS) is 23.3. The van der Waals surface area contributed by atoms with Crippen LogP contribution in [0.15, 0.2) is 30.7 Å². The number of hydrogen-bond acceptors (Lipinski definition) is 4. The molecule has 2 saturated heterocycles. The minimum Gasteiger partial charge on any atom is -0.338 e. The first-order valence-electron chi connectivity index (χ1n) is 9.03. The Kier molecular flexibility index (Phi) is 4.07. The quantitative estimate of drug-likeness (QED) is 0.901. The Morgan fingerprint density at radius 1 is 1.24 bits per heavy atom. The Bertz CT molecular complexity index is 748. The van der Waals surface area contributed by atoms with Gasteiger partial charge in [0, 0.05) is 30.3 Å². The molecule has 0 radical (unpaired) electrons. The molecule has 0 spiro atoms. The molecule has 25 heavy (non-hydrogen) atoms. The van der Waals surface area contributed by atoms with Crippen LogP contribution in [0.4, 0.5) is 0 Å². The van der Waals surface area contributed by atoms with Crippen molar-refractivity contribution in [2.24, 2.45) is 5.41 Å². The van der Waals surface area contributed by atoms with Gasteiger partial charge in [-0.05, 0) is 43.6 Å². The fourth-order valence-electron chi connectivity index (χ4n) is 4.19. The fourth-order valence-corrected chi connectivity index (χ4v) is 4.19. The zero-order valence-corrected chi connectivity index (χ0v) is 14.8. The number of aromatic nitrogens is 3. The number of nitrogens with zero attached hydrogens (tertiary/aromatic N) is 3. The highest BCUT2D eigenvalue weighted by molar-refractivity contribution is 5.93. The highest BCUT2D eigenvalue weighted by atomic mass is 16.2. The predicted octanol–water partition coefficient (Wildman–Crippen LogP) is 2.50. The van der Waals surface area contributed by atoms with Crippen molar-refractivity contribution in [3.63, 3.8) is 0 Å². The number of rotatable bonds is 3. The van der Waals surface area contributed by atoms with Gasteiger partial charge in [-0.15, -0.1) is 0 Å². The fraction of sp³-hybridized carbons (Fsp3) is 0.526. The lowest BCUT2D eigenvalue weighted by Crippen LogP contribution is -2.57. The van der Waals surface area contributed by atoms with Crippen LogP contribution >= 0.6 is 0 Å². The van der Waals surface area contributed by atoms with Crippen LogP contribution in [0, 0.1) is 5.41 Å². The first kappa shape index (κ1) is 16.3. The predicted molar refractivity (Wildman–Crippen MR) is 95.2 cm³/mol. The van der Waals surface area contributed by atoms with E-state index in [-0.39, 0.29) is 17.4 Å². The Labute approximate surface area is 148 Å². The lowest BCUT2D eigenvalue weighted by atomic mass is 9.71. The number of carbonyl (C=O) groups excluding carboxylic acids is 1. The maximum absolute atomic E-state index is 13.0. The van der Waals surface area contributed by atoms with Crippen LogP contribution in [-0.4, -0.2) is 45.4 Å². The zero-order valence-electron chi connectivity index (χ0n) is 14.8. The second-order valence-electron chi connectivity index (χ2n) is 7.81. The lowest BCUT2D eigenvalue weighted by Gasteiger charge is -2.54. The van der Waals surface area contributed by atoms with Crippen molar-refractivity contribution in [3.8, 4) is 0 Å². The van der Waals surface area contributed by atoms with Gasteiger partial charge in [0.15, 0.2) is 0 Å². The minimum absolute atomic E-state index is 0.0359. The summed E-state index contributed by atoms with van der Waals surface area (Å²) < 4.78 is 0. The van der Waals surface area contributed by atoms with Gasteiger partial charge in [0.2, 0.25) is 0 Å². The van der Waals surface area contributed by atoms with Crippen molar-refractivity contribution in [1.82, 2.24) is 25.2 Å². The standard InChI is InChI=1S/C19H25N5O/c1-19(2)12-24(16(19)13-3-7-20-8-4-13)18(25)15-11-22-17(23-15)14-5-9-21-10-6-14/h3-4,7-8,11,14,16,21H,5-6,9-10,12H2,1-2H3,(H,22,23). The van der Waals surface area contributed by atoms with Crippen molar-refractivity contribution in [2.45, 2.75) is 38.6 Å². The molecule has 4 rings (SSSR count). The summed E-state index contributed by atoms with van der Waals surface area (Å²) in [5, 5.41) is 3.36. The summed E-state index contributed by atoms with van der Waals surface area (Å²) in [4.78, 5) is 26.8. The van der Waals surface area contributed by atoms with Gasteiger partial charge in [-0.2, -0.15) is 0 Å². The van der Waals surface area contributed by atoms with E-state index < -0.39 is 0 Å². The molecule has 2 aliphatic rings. The molecular weight excluding hydrogens is 314 g/mol. The summed E-state index contributed by atoms with van der Waals surface area (Å²) in [6.45, 7) is 7.18. The molecule has 2 N–H and O–H groups in total. The zero-order chi connectivity index (χ0) is 17.4. The minimum atomic E-state index is 0.0359. The summed E-state index contributed by atoms with van der Waals surface area (Å²) in [5.74, 6) is 1.41. The Balaban J connectivity index is 1.54. The average Bonchev–Trinajstić information content (AvgIpc) is 3.11. The van der Waals surface area contributed by atoms with E-state index in [1.54, 1.807) is 18.6 Å². The number of amides is 1. The Hall–Kier alpha value is -2.21. The van der Waals surface area contributed by atoms with E-state index in [0.29, 0.717) is 11.6 Å². The highest BCUT2D eigenvalue weighted by Gasteiger charge is 2.49. The van der Waals surface area contributed by atoms with Crippen LogP contribution < -0.4 is 5.32 Å². The van der Waals surface area contributed by atoms with Gasteiger partial charge >= 0.3 is 0 Å². The summed E-state index contributed by atoms with van der Waals surface area (Å²) in [6, 6.07) is 4.08. The largest absolute Gasteiger partial charge is 0.338 e. The number of piperidine rings is 1. The third-order valence-corrected chi connectivity index (χ3v) is 5.46. The van der Waals surface area contributed by atoms with E-state index in [2.05, 4.69) is 34.1 Å². The molecule has 1 atom stereocenters. The number of carbonyl (C=O) groups is 1. The van der Waals surface area contributed by atoms with E-state index in [4.69, 9.17) is 0 Å². The van der Waals surface area contributed by atoms with E-state index in [9.17, 15) is 4.79 Å². The van der Waals surface area contributed by atoms with E-state index in [1.807, 2.05) is 17.0 Å². The van der Waals surface area contributed by atoms with Crippen molar-refractivity contribution >= 4 is 5.91 Å². The smallest absolute Gasteiger partial charge is 0.272 e. The summed E-state index contributed by atoms with van der Waals surface area (Å²) in [5.41, 5.74) is 1.80. The summed E-state index contributed by atoms with van der Waals surface area (Å²) in [6.07, 6.45) is 7.42. The first-order valence-corrected chi connectivity index (χ1v) is 9.03. The third kappa shape index (κ3) is 2.95. The summed E-state index contributed by atoms with van der Waals surface area (Å²) >= 11 is 0. The monoisotopic (exact) mass is 339 g/mol. The maximum Gasteiger partial charge on any atom is 0.272 e. The molecule has 132 valence electrons. The topological polar surface area (TPSA) is 73.9 Å². The molecule has 1 amide bonds. The summed E-state index contributed by atoms with van der Waals surface area (Å²) in [7, 11) is 0. The second-order valence-corrected chi connectivity index (χ2v) is 7.81. The molecule has 0 bridgehead atoms. The maximum atomic E-state index is 13.0. The van der Waals surface area contributed by atoms with Crippen molar-refractivity contribution < 1.29 is 4.79 Å². The molecule has 6 nitrogen and oxygen atoms in total. The molecule has 0 aromatic carbocycles. The number of hydrogen-bond donors (Lipinski definition) is 2. The number of likely N-dealkylation sites (tertiary alicyclic amines) is 1. The number of nitrogens with one attached hydrogen (secondary N) is 2. The van der Waals surface area contributed by atoms with Crippen LogP contribution in [0.5, 0.6) is 0 Å². The van der Waals surface area contributed by atoms with Crippen molar-refractivity contribution in [2.75, 3.05) is 19.6 Å². The van der Waals surface area contributed by atoms with Gasteiger partial charge in [-0.1, -0.05) is 13.8 Å². The number of pyridine rings is 1. The van der Waals surface area contributed by atoms with Gasteiger partial charge in [0.05, 0.1) is 12.2 Å². The first-order chi connectivity index (χ1) is 12.1. The molecule has 1 unspecified atom stereocenters. The third-order valence-electron chi connectivity index (χ3n) is 5.46. The van der Waals surface area contributed by atoms with Gasteiger partial charge in [0.25, 0.3) is 5.91 Å². The SMILES string of the molecule is CC1(C)CN(C(=O)c2cnc(C3CCNCC3)[nH]2)C1c1ccncc1. The Morgan fingerprint density at radius 2 is 1.96 bits per heavy atom. The van der Waals surface area contributed by atoms with Gasteiger partial charge in [0.1, 0.15) is 11.5 Å². The molecule has 0 aliphatic carbocycles. The van der Waals surface area contributed by atoms with Gasteiger partial charge in [-0.3, -0.25) is 9.78 Å². The number of aromatic amines is 1. The van der Waals surface area contributed by atoms with E-state index in [1.165, 1.54) is 0 Å². The van der Waals surface area contributed by atoms with Crippen molar-refractivity contribution in [3.05, 3.63) is 47.8 Å². The van der Waals surface area contributed by atoms with Crippen LogP contribution in [0.3, 0.4) is 0 Å². The molecule has 2 fully saturated rings. The molecule has 4 heterocycles. The molecule has 0 saturated carbocycles.